The Labute approximate surface area is 209 Å². The summed E-state index contributed by atoms with van der Waals surface area (Å²) in [6.45, 7) is 3.69. The fourth-order valence-electron chi connectivity index (χ4n) is 3.88. The number of carbonyl (C=O) groups is 1. The third-order valence-corrected chi connectivity index (χ3v) is 5.69. The van der Waals surface area contributed by atoms with Gasteiger partial charge in [-0.2, -0.15) is 0 Å². The average molecular weight is 509 g/mol. The summed E-state index contributed by atoms with van der Waals surface area (Å²) < 4.78 is 70.5. The molecule has 0 aliphatic carbocycles. The molecule has 1 N–H and O–H groups in total. The number of aromatic nitrogens is 2. The number of hydrogen-bond acceptors (Lipinski definition) is 2. The largest absolute Gasteiger partial charge is 0.327 e. The highest BCUT2D eigenvalue weighted by atomic mass is 19.3. The van der Waals surface area contributed by atoms with Gasteiger partial charge in [0.2, 0.25) is 0 Å². The SMILES string of the molecule is C=C/C=C(/c1ccc(C(F)F)c(C(=O)Nc2ccc(F)cc2)c1)c1cnc(-c2cccc(F)c2F)n1C. The molecule has 1 amide bonds. The fraction of sp³-hybridized carbons (Fsp3) is 0.0714. The third-order valence-electron chi connectivity index (χ3n) is 5.69. The Bertz CT molecular complexity index is 1510. The van der Waals surface area contributed by atoms with Crippen LogP contribution in [-0.2, 0) is 7.05 Å². The molecule has 188 valence electrons. The number of carbonyl (C=O) groups excluding carboxylic acids is 1. The molecule has 0 atom stereocenters. The van der Waals surface area contributed by atoms with Crippen molar-refractivity contribution in [2.24, 2.45) is 7.05 Å². The first-order valence-electron chi connectivity index (χ1n) is 11.0. The Balaban J connectivity index is 1.78. The minimum atomic E-state index is -2.94. The molecule has 4 nitrogen and oxygen atoms in total. The number of alkyl halides is 2. The quantitative estimate of drug-likeness (QED) is 0.210. The molecular formula is C28H20F5N3O. The predicted octanol–water partition coefficient (Wildman–Crippen LogP) is 7.31. The van der Waals surface area contributed by atoms with Crippen LogP contribution in [0, 0.1) is 17.5 Å². The summed E-state index contributed by atoms with van der Waals surface area (Å²) >= 11 is 0. The number of nitrogens with one attached hydrogen (secondary N) is 1. The van der Waals surface area contributed by atoms with Crippen LogP contribution >= 0.6 is 0 Å². The van der Waals surface area contributed by atoms with Gasteiger partial charge in [0.15, 0.2) is 11.6 Å². The van der Waals surface area contributed by atoms with Crippen LogP contribution in [0.1, 0.15) is 33.6 Å². The molecule has 0 spiro atoms. The minimum absolute atomic E-state index is 0.0564. The molecule has 0 saturated heterocycles. The second-order valence-electron chi connectivity index (χ2n) is 8.01. The average Bonchev–Trinajstić information content (AvgIpc) is 3.25. The first kappa shape index (κ1) is 25.6. The number of benzene rings is 3. The lowest BCUT2D eigenvalue weighted by Crippen LogP contribution is -2.15. The Morgan fingerprint density at radius 1 is 1.05 bits per heavy atom. The second-order valence-corrected chi connectivity index (χ2v) is 8.01. The summed E-state index contributed by atoms with van der Waals surface area (Å²) in [5, 5.41) is 2.49. The van der Waals surface area contributed by atoms with Gasteiger partial charge in [0.05, 0.1) is 17.5 Å². The smallest absolute Gasteiger partial charge is 0.264 e. The summed E-state index contributed by atoms with van der Waals surface area (Å²) in [6, 6.07) is 12.5. The summed E-state index contributed by atoms with van der Waals surface area (Å²) in [6.07, 6.45) is 1.54. The van der Waals surface area contributed by atoms with E-state index in [0.29, 0.717) is 16.8 Å². The van der Waals surface area contributed by atoms with Crippen molar-refractivity contribution in [2.45, 2.75) is 6.43 Å². The summed E-state index contributed by atoms with van der Waals surface area (Å²) in [7, 11) is 1.59. The maximum Gasteiger partial charge on any atom is 0.264 e. The lowest BCUT2D eigenvalue weighted by Gasteiger charge is -2.15. The van der Waals surface area contributed by atoms with E-state index in [0.717, 1.165) is 24.3 Å². The number of imidazole rings is 1. The Hall–Kier alpha value is -4.53. The zero-order valence-electron chi connectivity index (χ0n) is 19.5. The molecule has 0 aliphatic rings. The van der Waals surface area contributed by atoms with E-state index in [9.17, 15) is 26.7 Å². The highest BCUT2D eigenvalue weighted by Gasteiger charge is 2.22. The lowest BCUT2D eigenvalue weighted by atomic mass is 9.96. The highest BCUT2D eigenvalue weighted by molar-refractivity contribution is 6.06. The van der Waals surface area contributed by atoms with Crippen molar-refractivity contribution < 1.29 is 26.7 Å². The molecular weight excluding hydrogens is 489 g/mol. The van der Waals surface area contributed by atoms with Crippen LogP contribution < -0.4 is 5.32 Å². The van der Waals surface area contributed by atoms with E-state index in [-0.39, 0.29) is 22.6 Å². The monoisotopic (exact) mass is 509 g/mol. The van der Waals surface area contributed by atoms with Crippen molar-refractivity contribution in [3.05, 3.63) is 125 Å². The van der Waals surface area contributed by atoms with Crippen LogP contribution in [0.25, 0.3) is 17.0 Å². The molecule has 0 fully saturated rings. The number of anilines is 1. The topological polar surface area (TPSA) is 46.9 Å². The zero-order chi connectivity index (χ0) is 26.7. The maximum atomic E-state index is 14.4. The number of allylic oxidation sites excluding steroid dienone is 2. The van der Waals surface area contributed by atoms with Gasteiger partial charge in [-0.15, -0.1) is 0 Å². The molecule has 4 aromatic rings. The van der Waals surface area contributed by atoms with Gasteiger partial charge in [0, 0.05) is 29.4 Å². The molecule has 1 heterocycles. The van der Waals surface area contributed by atoms with E-state index in [1.54, 1.807) is 13.1 Å². The van der Waals surface area contributed by atoms with Crippen LogP contribution in [-0.4, -0.2) is 15.5 Å². The van der Waals surface area contributed by atoms with Crippen molar-refractivity contribution >= 4 is 17.2 Å². The molecule has 0 saturated carbocycles. The number of halogens is 5. The number of hydrogen-bond donors (Lipinski definition) is 1. The predicted molar refractivity (Wildman–Crippen MR) is 132 cm³/mol. The summed E-state index contributed by atoms with van der Waals surface area (Å²) in [5.41, 5.74) is 0.659. The van der Waals surface area contributed by atoms with Crippen LogP contribution in [0.4, 0.5) is 27.6 Å². The highest BCUT2D eigenvalue weighted by Crippen LogP contribution is 2.32. The van der Waals surface area contributed by atoms with Crippen LogP contribution in [0.5, 0.6) is 0 Å². The molecule has 0 unspecified atom stereocenters. The van der Waals surface area contributed by atoms with E-state index in [1.165, 1.54) is 53.2 Å². The van der Waals surface area contributed by atoms with E-state index in [2.05, 4.69) is 16.9 Å². The van der Waals surface area contributed by atoms with Crippen LogP contribution in [0.3, 0.4) is 0 Å². The molecule has 37 heavy (non-hydrogen) atoms. The number of rotatable bonds is 7. The van der Waals surface area contributed by atoms with Gasteiger partial charge in [-0.25, -0.2) is 26.9 Å². The molecule has 0 bridgehead atoms. The third kappa shape index (κ3) is 5.20. The molecule has 0 aliphatic heterocycles. The molecule has 1 aromatic heterocycles. The van der Waals surface area contributed by atoms with Gasteiger partial charge in [0.1, 0.15) is 11.6 Å². The molecule has 3 aromatic carbocycles. The second kappa shape index (κ2) is 10.6. The van der Waals surface area contributed by atoms with E-state index < -0.39 is 35.3 Å². The van der Waals surface area contributed by atoms with Crippen molar-refractivity contribution in [1.82, 2.24) is 9.55 Å². The molecule has 4 rings (SSSR count). The van der Waals surface area contributed by atoms with Gasteiger partial charge in [-0.1, -0.05) is 36.9 Å². The van der Waals surface area contributed by atoms with Crippen molar-refractivity contribution in [3.8, 4) is 11.4 Å². The summed E-state index contributed by atoms with van der Waals surface area (Å²) in [5.74, 6) is -3.27. The first-order chi connectivity index (χ1) is 17.7. The first-order valence-corrected chi connectivity index (χ1v) is 11.0. The van der Waals surface area contributed by atoms with Crippen molar-refractivity contribution in [3.63, 3.8) is 0 Å². The van der Waals surface area contributed by atoms with Gasteiger partial charge < -0.3 is 9.88 Å². The van der Waals surface area contributed by atoms with Gasteiger partial charge in [-0.05, 0) is 48.0 Å². The number of amides is 1. The summed E-state index contributed by atoms with van der Waals surface area (Å²) in [4.78, 5) is 17.2. The fourth-order valence-corrected chi connectivity index (χ4v) is 3.88. The van der Waals surface area contributed by atoms with Crippen molar-refractivity contribution in [1.29, 1.82) is 0 Å². The standard InChI is InChI=1S/C28H20F5N3O/c1-3-5-19(24-15-34-27(36(24)2)21-6-4-7-23(30)25(21)31)16-8-13-20(26(32)33)22(14-16)28(37)35-18-11-9-17(29)10-12-18/h3-15,26H,1H2,2H3,(H,35,37)/b19-5-. The lowest BCUT2D eigenvalue weighted by molar-refractivity contribution is 0.101. The van der Waals surface area contributed by atoms with E-state index in [4.69, 9.17) is 0 Å². The van der Waals surface area contributed by atoms with Crippen LogP contribution in [0.15, 0.2) is 85.6 Å². The number of nitrogens with zero attached hydrogens (tertiary/aromatic N) is 2. The minimum Gasteiger partial charge on any atom is -0.327 e. The molecule has 9 heteroatoms. The maximum absolute atomic E-state index is 14.4. The van der Waals surface area contributed by atoms with Crippen LogP contribution in [0.2, 0.25) is 0 Å². The van der Waals surface area contributed by atoms with Gasteiger partial charge in [-0.3, -0.25) is 4.79 Å². The Morgan fingerprint density at radius 3 is 2.46 bits per heavy atom. The van der Waals surface area contributed by atoms with Gasteiger partial charge >= 0.3 is 0 Å². The Kier molecular flexibility index (Phi) is 7.33. The van der Waals surface area contributed by atoms with Gasteiger partial charge in [0.25, 0.3) is 12.3 Å². The van der Waals surface area contributed by atoms with E-state index >= 15 is 0 Å². The van der Waals surface area contributed by atoms with Crippen molar-refractivity contribution in [2.75, 3.05) is 5.32 Å². The zero-order valence-corrected chi connectivity index (χ0v) is 19.5. The normalized spacial score (nSPS) is 11.6. The Morgan fingerprint density at radius 2 is 1.78 bits per heavy atom. The van der Waals surface area contributed by atoms with E-state index in [1.807, 2.05) is 0 Å². The molecule has 0 radical (unpaired) electrons.